The van der Waals surface area contributed by atoms with Gasteiger partial charge in [0.05, 0.1) is 32.3 Å². The predicted octanol–water partition coefficient (Wildman–Crippen LogP) is 4.50. The Morgan fingerprint density at radius 3 is 2.81 bits per heavy atom. The molecule has 0 radical (unpaired) electrons. The summed E-state index contributed by atoms with van der Waals surface area (Å²) in [5.74, 6) is 3.43. The van der Waals surface area contributed by atoms with Crippen molar-refractivity contribution in [3.05, 3.63) is 77.7 Å². The van der Waals surface area contributed by atoms with Crippen LogP contribution >= 0.6 is 11.8 Å². The summed E-state index contributed by atoms with van der Waals surface area (Å²) in [6.45, 7) is 1.14. The Hall–Kier alpha value is -3.52. The zero-order valence-corrected chi connectivity index (χ0v) is 18.3. The van der Waals surface area contributed by atoms with Crippen LogP contribution in [-0.2, 0) is 13.0 Å². The maximum Gasteiger partial charge on any atom is 0.192 e. The third-order valence-electron chi connectivity index (χ3n) is 5.30. The van der Waals surface area contributed by atoms with Crippen molar-refractivity contribution in [3.8, 4) is 22.9 Å². The minimum absolute atomic E-state index is 0.0447. The first kappa shape index (κ1) is 20.4. The Balaban J connectivity index is 1.39. The van der Waals surface area contributed by atoms with Crippen LogP contribution in [-0.4, -0.2) is 40.0 Å². The van der Waals surface area contributed by atoms with E-state index in [1.165, 1.54) is 11.8 Å². The number of methoxy groups -OCH3 is 1. The molecule has 0 aliphatic carbocycles. The van der Waals surface area contributed by atoms with E-state index in [0.717, 1.165) is 34.8 Å². The molecule has 32 heavy (non-hydrogen) atoms. The van der Waals surface area contributed by atoms with Crippen LogP contribution in [0.4, 0.5) is 0 Å². The van der Waals surface area contributed by atoms with Gasteiger partial charge in [-0.1, -0.05) is 11.8 Å². The molecule has 1 aliphatic heterocycles. The number of ether oxygens (including phenoxy) is 2. The van der Waals surface area contributed by atoms with Crippen molar-refractivity contribution in [2.75, 3.05) is 19.5 Å². The molecule has 0 fully saturated rings. The second-order valence-corrected chi connectivity index (χ2v) is 8.28. The maximum atomic E-state index is 12.8. The number of fused-ring (bicyclic) bond motifs is 1. The molecule has 3 heterocycles. The minimum Gasteiger partial charge on any atom is -0.497 e. The van der Waals surface area contributed by atoms with Crippen molar-refractivity contribution in [1.29, 1.82) is 0 Å². The summed E-state index contributed by atoms with van der Waals surface area (Å²) in [6, 6.07) is 17.0. The topological polar surface area (TPSA) is 79.4 Å². The zero-order valence-electron chi connectivity index (χ0n) is 17.5. The molecule has 1 aliphatic rings. The van der Waals surface area contributed by atoms with Crippen LogP contribution in [0.1, 0.15) is 21.7 Å². The number of furan rings is 1. The normalized spacial score (nSPS) is 12.4. The Morgan fingerprint density at radius 2 is 2.03 bits per heavy atom. The molecule has 0 saturated heterocycles. The third kappa shape index (κ3) is 4.13. The van der Waals surface area contributed by atoms with Gasteiger partial charge >= 0.3 is 0 Å². The summed E-state index contributed by atoms with van der Waals surface area (Å²) in [5.41, 5.74) is 2.68. The highest BCUT2D eigenvalue weighted by molar-refractivity contribution is 7.99. The number of hydrogen-bond donors (Lipinski definition) is 0. The van der Waals surface area contributed by atoms with Crippen LogP contribution in [0.5, 0.6) is 11.5 Å². The molecule has 0 spiro atoms. The fraction of sp³-hybridized carbons (Fsp3) is 0.208. The van der Waals surface area contributed by atoms with Gasteiger partial charge < -0.3 is 13.9 Å². The van der Waals surface area contributed by atoms with E-state index in [0.29, 0.717) is 29.7 Å². The summed E-state index contributed by atoms with van der Waals surface area (Å²) in [5, 5.41) is 9.43. The summed E-state index contributed by atoms with van der Waals surface area (Å²) in [7, 11) is 1.63. The molecule has 4 aromatic rings. The molecule has 0 bridgehead atoms. The Bertz CT molecular complexity index is 1230. The quantitative estimate of drug-likeness (QED) is 0.291. The minimum atomic E-state index is 0.0447. The van der Waals surface area contributed by atoms with E-state index < -0.39 is 0 Å². The van der Waals surface area contributed by atoms with E-state index in [-0.39, 0.29) is 11.5 Å². The van der Waals surface area contributed by atoms with E-state index in [4.69, 9.17) is 13.9 Å². The highest BCUT2D eigenvalue weighted by Crippen LogP contribution is 2.29. The van der Waals surface area contributed by atoms with E-state index >= 15 is 0 Å². The highest BCUT2D eigenvalue weighted by atomic mass is 32.2. The number of benzene rings is 2. The average Bonchev–Trinajstić information content (AvgIpc) is 3.59. The van der Waals surface area contributed by atoms with Crippen molar-refractivity contribution in [3.63, 3.8) is 0 Å². The first-order valence-corrected chi connectivity index (χ1v) is 11.2. The lowest BCUT2D eigenvalue weighted by atomic mass is 10.1. The molecular formula is C24H21N3O4S. The van der Waals surface area contributed by atoms with Gasteiger partial charge in [0.15, 0.2) is 16.8 Å². The molecule has 2 aromatic heterocycles. The largest absolute Gasteiger partial charge is 0.497 e. The molecular weight excluding hydrogens is 426 g/mol. The summed E-state index contributed by atoms with van der Waals surface area (Å²) < 4.78 is 18.3. The fourth-order valence-corrected chi connectivity index (χ4v) is 4.46. The molecule has 0 saturated carbocycles. The number of rotatable bonds is 8. The first-order valence-electron chi connectivity index (χ1n) is 10.2. The number of Topliss-reactive ketones (excluding diaryl/α,β-unsaturated/α-hetero) is 1. The van der Waals surface area contributed by atoms with Crippen molar-refractivity contribution in [1.82, 2.24) is 14.8 Å². The number of carbonyl (C=O) groups excluding carboxylic acids is 1. The van der Waals surface area contributed by atoms with Gasteiger partial charge in [0.1, 0.15) is 17.3 Å². The van der Waals surface area contributed by atoms with Gasteiger partial charge in [-0.25, -0.2) is 0 Å². The molecule has 0 N–H and O–H groups in total. The lowest BCUT2D eigenvalue weighted by Crippen LogP contribution is -2.07. The van der Waals surface area contributed by atoms with Crippen LogP contribution in [0.15, 0.2) is 70.4 Å². The number of ketones is 1. The number of thioether (sulfide) groups is 1. The molecule has 0 atom stereocenters. The molecule has 162 valence electrons. The van der Waals surface area contributed by atoms with Gasteiger partial charge in [-0.05, 0) is 60.2 Å². The van der Waals surface area contributed by atoms with E-state index in [1.807, 2.05) is 59.2 Å². The number of carbonyl (C=O) groups is 1. The van der Waals surface area contributed by atoms with Crippen LogP contribution in [0.3, 0.4) is 0 Å². The van der Waals surface area contributed by atoms with Gasteiger partial charge in [0.2, 0.25) is 0 Å². The molecule has 2 aromatic carbocycles. The standard InChI is InChI=1S/C24H21N3O4S/c1-29-19-7-4-16(5-8-19)23-25-26-24(27(23)14-20-3-2-11-30-20)32-15-21(28)17-6-9-22-18(13-17)10-12-31-22/h2-9,11,13H,10,12,14-15H2,1H3. The number of nitrogens with zero attached hydrogens (tertiary/aromatic N) is 3. The van der Waals surface area contributed by atoms with Crippen molar-refractivity contribution in [2.24, 2.45) is 0 Å². The highest BCUT2D eigenvalue weighted by Gasteiger charge is 2.19. The molecule has 0 amide bonds. The molecule has 8 heteroatoms. The van der Waals surface area contributed by atoms with Crippen molar-refractivity contribution < 1.29 is 18.7 Å². The second kappa shape index (κ2) is 8.92. The molecule has 7 nitrogen and oxygen atoms in total. The van der Waals surface area contributed by atoms with Crippen LogP contribution in [0, 0.1) is 0 Å². The lowest BCUT2D eigenvalue weighted by molar-refractivity contribution is 0.102. The van der Waals surface area contributed by atoms with Crippen LogP contribution in [0.25, 0.3) is 11.4 Å². The third-order valence-corrected chi connectivity index (χ3v) is 6.27. The molecule has 5 rings (SSSR count). The van der Waals surface area contributed by atoms with Gasteiger partial charge in [0, 0.05) is 17.5 Å². The van der Waals surface area contributed by atoms with Crippen molar-refractivity contribution in [2.45, 2.75) is 18.1 Å². The van der Waals surface area contributed by atoms with E-state index in [1.54, 1.807) is 13.4 Å². The van der Waals surface area contributed by atoms with E-state index in [2.05, 4.69) is 10.2 Å². The smallest absolute Gasteiger partial charge is 0.192 e. The summed E-state index contributed by atoms with van der Waals surface area (Å²) >= 11 is 1.37. The van der Waals surface area contributed by atoms with Gasteiger partial charge in [-0.2, -0.15) is 0 Å². The van der Waals surface area contributed by atoms with Crippen molar-refractivity contribution >= 4 is 17.5 Å². The van der Waals surface area contributed by atoms with Gasteiger partial charge in [-0.3, -0.25) is 9.36 Å². The zero-order chi connectivity index (χ0) is 21.9. The predicted molar refractivity (Wildman–Crippen MR) is 121 cm³/mol. The maximum absolute atomic E-state index is 12.8. The van der Waals surface area contributed by atoms with E-state index in [9.17, 15) is 4.79 Å². The SMILES string of the molecule is COc1ccc(-c2nnc(SCC(=O)c3ccc4c(c3)CCO4)n2Cc2ccco2)cc1. The summed E-state index contributed by atoms with van der Waals surface area (Å²) in [6.07, 6.45) is 2.48. The fourth-order valence-electron chi connectivity index (χ4n) is 3.62. The summed E-state index contributed by atoms with van der Waals surface area (Å²) in [4.78, 5) is 12.8. The Labute approximate surface area is 189 Å². The molecule has 0 unspecified atom stereocenters. The van der Waals surface area contributed by atoms with Gasteiger partial charge in [0.25, 0.3) is 0 Å². The first-order chi connectivity index (χ1) is 15.7. The van der Waals surface area contributed by atoms with Gasteiger partial charge in [-0.15, -0.1) is 10.2 Å². The number of hydrogen-bond acceptors (Lipinski definition) is 7. The van der Waals surface area contributed by atoms with Crippen LogP contribution < -0.4 is 9.47 Å². The monoisotopic (exact) mass is 447 g/mol. The average molecular weight is 448 g/mol. The number of aromatic nitrogens is 3. The Morgan fingerprint density at radius 1 is 1.16 bits per heavy atom. The van der Waals surface area contributed by atoms with Crippen LogP contribution in [0.2, 0.25) is 0 Å². The lowest BCUT2D eigenvalue weighted by Gasteiger charge is -2.09. The second-order valence-electron chi connectivity index (χ2n) is 7.33. The Kier molecular flexibility index (Phi) is 5.68.